The van der Waals surface area contributed by atoms with Gasteiger partial charge in [-0.1, -0.05) is 20.3 Å². The lowest BCUT2D eigenvalue weighted by Crippen LogP contribution is -2.42. The molecule has 1 fully saturated rings. The predicted molar refractivity (Wildman–Crippen MR) is 82.5 cm³/mol. The Hall–Kier alpha value is -0.660. The number of carbonyl (C=O) groups is 1. The van der Waals surface area contributed by atoms with Gasteiger partial charge in [-0.05, 0) is 32.4 Å². The molecule has 7 heteroatoms. The van der Waals surface area contributed by atoms with Crippen molar-refractivity contribution in [2.24, 2.45) is 5.92 Å². The second kappa shape index (κ2) is 8.70. The molecule has 0 amide bonds. The van der Waals surface area contributed by atoms with E-state index in [1.54, 1.807) is 0 Å². The van der Waals surface area contributed by atoms with Crippen LogP contribution in [0.4, 0.5) is 0 Å². The first-order valence-corrected chi connectivity index (χ1v) is 9.29. The lowest BCUT2D eigenvalue weighted by Gasteiger charge is -2.22. The normalized spacial score (nSPS) is 22.7. The van der Waals surface area contributed by atoms with Crippen LogP contribution < -0.4 is 4.72 Å². The summed E-state index contributed by atoms with van der Waals surface area (Å²) in [6.07, 6.45) is 2.92. The van der Waals surface area contributed by atoms with Crippen LogP contribution in [0.5, 0.6) is 0 Å². The molecular formula is C14H28N2O4S. The molecule has 0 saturated heterocycles. The summed E-state index contributed by atoms with van der Waals surface area (Å²) >= 11 is 0. The van der Waals surface area contributed by atoms with E-state index in [0.29, 0.717) is 25.9 Å². The average Bonchev–Trinajstić information content (AvgIpc) is 2.95. The number of methoxy groups -OCH3 is 1. The largest absolute Gasteiger partial charge is 0.469 e. The number of likely N-dealkylation sites (N-methyl/N-ethyl adjacent to an activating group) is 1. The lowest BCUT2D eigenvalue weighted by molar-refractivity contribution is -0.145. The van der Waals surface area contributed by atoms with Crippen molar-refractivity contribution in [3.8, 4) is 0 Å². The van der Waals surface area contributed by atoms with Gasteiger partial charge in [0.2, 0.25) is 10.0 Å². The summed E-state index contributed by atoms with van der Waals surface area (Å²) in [5.41, 5.74) is 0. The third-order valence-corrected chi connectivity index (χ3v) is 6.04. The monoisotopic (exact) mass is 320 g/mol. The Bertz CT molecular complexity index is 425. The van der Waals surface area contributed by atoms with E-state index in [1.165, 1.54) is 7.11 Å². The molecule has 2 unspecified atom stereocenters. The molecule has 0 heterocycles. The smallest absolute Gasteiger partial charge is 0.310 e. The number of carbonyl (C=O) groups excluding carboxylic acids is 1. The van der Waals surface area contributed by atoms with Gasteiger partial charge >= 0.3 is 5.97 Å². The zero-order valence-corrected chi connectivity index (χ0v) is 14.1. The van der Waals surface area contributed by atoms with Crippen molar-refractivity contribution >= 4 is 16.0 Å². The highest BCUT2D eigenvalue weighted by molar-refractivity contribution is 7.90. The Morgan fingerprint density at radius 3 is 2.57 bits per heavy atom. The number of sulfonamides is 1. The maximum Gasteiger partial charge on any atom is 0.310 e. The summed E-state index contributed by atoms with van der Waals surface area (Å²) in [7, 11) is -2.15. The molecule has 0 aromatic carbocycles. The van der Waals surface area contributed by atoms with Crippen LogP contribution in [0.25, 0.3) is 0 Å². The summed E-state index contributed by atoms with van der Waals surface area (Å²) in [5, 5.41) is -0.647. The molecule has 1 saturated carbocycles. The van der Waals surface area contributed by atoms with Crippen LogP contribution >= 0.6 is 0 Å². The standard InChI is InChI=1S/C14H28N2O4S/c1-4-10-16(5-2)11-9-15-21(18,19)13-8-6-7-12(13)14(17)20-3/h12-13,15H,4-11H2,1-3H3. The van der Waals surface area contributed by atoms with Gasteiger partial charge < -0.3 is 9.64 Å². The second-order valence-electron chi connectivity index (χ2n) is 5.47. The molecule has 0 radical (unpaired) electrons. The first-order valence-electron chi connectivity index (χ1n) is 7.74. The fourth-order valence-corrected chi connectivity index (χ4v) is 4.66. The molecule has 0 aromatic heterocycles. The molecule has 0 aliphatic heterocycles. The Balaban J connectivity index is 2.54. The van der Waals surface area contributed by atoms with E-state index < -0.39 is 27.2 Å². The molecule has 2 atom stereocenters. The van der Waals surface area contributed by atoms with Crippen molar-refractivity contribution in [2.75, 3.05) is 33.3 Å². The number of rotatable bonds is 9. The van der Waals surface area contributed by atoms with E-state index >= 15 is 0 Å². The van der Waals surface area contributed by atoms with Crippen LogP contribution in [0.3, 0.4) is 0 Å². The third kappa shape index (κ3) is 5.23. The molecular weight excluding hydrogens is 292 g/mol. The lowest BCUT2D eigenvalue weighted by atomic mass is 10.1. The van der Waals surface area contributed by atoms with Gasteiger partial charge in [0.15, 0.2) is 0 Å². The topological polar surface area (TPSA) is 75.7 Å². The predicted octanol–water partition coefficient (Wildman–Crippen LogP) is 0.979. The van der Waals surface area contributed by atoms with Crippen LogP contribution in [0, 0.1) is 5.92 Å². The van der Waals surface area contributed by atoms with Crippen LogP contribution in [-0.2, 0) is 19.6 Å². The van der Waals surface area contributed by atoms with Crippen LogP contribution in [0.1, 0.15) is 39.5 Å². The van der Waals surface area contributed by atoms with Crippen LogP contribution in [0.15, 0.2) is 0 Å². The van der Waals surface area contributed by atoms with Crippen LogP contribution in [0.2, 0.25) is 0 Å². The van der Waals surface area contributed by atoms with Crippen molar-refractivity contribution in [2.45, 2.75) is 44.8 Å². The summed E-state index contributed by atoms with van der Waals surface area (Å²) in [6, 6.07) is 0. The zero-order chi connectivity index (χ0) is 15.9. The molecule has 1 rings (SSSR count). The molecule has 1 aliphatic carbocycles. The first kappa shape index (κ1) is 18.4. The van der Waals surface area contributed by atoms with E-state index in [4.69, 9.17) is 4.74 Å². The van der Waals surface area contributed by atoms with Gasteiger partial charge in [0, 0.05) is 13.1 Å². The fraction of sp³-hybridized carbons (Fsp3) is 0.929. The third-order valence-electron chi connectivity index (χ3n) is 4.07. The number of nitrogens with one attached hydrogen (secondary N) is 1. The van der Waals surface area contributed by atoms with E-state index in [1.807, 2.05) is 0 Å². The minimum absolute atomic E-state index is 0.389. The number of hydrogen-bond donors (Lipinski definition) is 1. The molecule has 1 N–H and O–H groups in total. The van der Waals surface area contributed by atoms with Gasteiger partial charge in [0.25, 0.3) is 0 Å². The molecule has 6 nitrogen and oxygen atoms in total. The molecule has 124 valence electrons. The highest BCUT2D eigenvalue weighted by Gasteiger charge is 2.41. The van der Waals surface area contributed by atoms with Gasteiger partial charge in [-0.3, -0.25) is 4.79 Å². The van der Waals surface area contributed by atoms with E-state index in [-0.39, 0.29) is 0 Å². The number of ether oxygens (including phenoxy) is 1. The van der Waals surface area contributed by atoms with Crippen molar-refractivity contribution < 1.29 is 17.9 Å². The Labute approximate surface area is 128 Å². The number of esters is 1. The van der Waals surface area contributed by atoms with Crippen molar-refractivity contribution in [1.82, 2.24) is 9.62 Å². The number of nitrogens with zero attached hydrogens (tertiary/aromatic N) is 1. The second-order valence-corrected chi connectivity index (χ2v) is 7.46. The molecule has 0 bridgehead atoms. The summed E-state index contributed by atoms with van der Waals surface area (Å²) in [5.74, 6) is -0.936. The number of hydrogen-bond acceptors (Lipinski definition) is 5. The quantitative estimate of drug-likeness (QED) is 0.641. The summed E-state index contributed by atoms with van der Waals surface area (Å²) < 4.78 is 32.1. The molecule has 21 heavy (non-hydrogen) atoms. The van der Waals surface area contributed by atoms with Crippen LogP contribution in [-0.4, -0.2) is 57.8 Å². The van der Waals surface area contributed by atoms with Crippen molar-refractivity contribution in [3.05, 3.63) is 0 Å². The summed E-state index contributed by atoms with van der Waals surface area (Å²) in [6.45, 7) is 7.12. The minimum atomic E-state index is -3.46. The average molecular weight is 320 g/mol. The van der Waals surface area contributed by atoms with Crippen molar-refractivity contribution in [1.29, 1.82) is 0 Å². The maximum atomic E-state index is 12.4. The van der Waals surface area contributed by atoms with E-state index in [0.717, 1.165) is 25.9 Å². The molecule has 1 aliphatic rings. The van der Waals surface area contributed by atoms with E-state index in [2.05, 4.69) is 23.5 Å². The minimum Gasteiger partial charge on any atom is -0.469 e. The highest BCUT2D eigenvalue weighted by Crippen LogP contribution is 2.31. The van der Waals surface area contributed by atoms with E-state index in [9.17, 15) is 13.2 Å². The van der Waals surface area contributed by atoms with Gasteiger partial charge in [-0.25, -0.2) is 13.1 Å². The van der Waals surface area contributed by atoms with Gasteiger partial charge in [0.1, 0.15) is 0 Å². The SMILES string of the molecule is CCCN(CC)CCNS(=O)(=O)C1CCCC1C(=O)OC. The Kier molecular flexibility index (Phi) is 7.62. The fourth-order valence-electron chi connectivity index (χ4n) is 2.92. The van der Waals surface area contributed by atoms with Crippen molar-refractivity contribution in [3.63, 3.8) is 0 Å². The first-order chi connectivity index (χ1) is 9.96. The van der Waals surface area contributed by atoms with Gasteiger partial charge in [-0.15, -0.1) is 0 Å². The zero-order valence-electron chi connectivity index (χ0n) is 13.3. The maximum absolute atomic E-state index is 12.4. The Morgan fingerprint density at radius 2 is 2.00 bits per heavy atom. The van der Waals surface area contributed by atoms with Gasteiger partial charge in [-0.2, -0.15) is 0 Å². The molecule has 0 aromatic rings. The Morgan fingerprint density at radius 1 is 1.29 bits per heavy atom. The van der Waals surface area contributed by atoms with Gasteiger partial charge in [0.05, 0.1) is 18.3 Å². The summed E-state index contributed by atoms with van der Waals surface area (Å²) in [4.78, 5) is 13.9. The molecule has 0 spiro atoms. The highest BCUT2D eigenvalue weighted by atomic mass is 32.2.